The van der Waals surface area contributed by atoms with Gasteiger partial charge in [0, 0.05) is 6.54 Å². The summed E-state index contributed by atoms with van der Waals surface area (Å²) >= 11 is 0. The van der Waals surface area contributed by atoms with Crippen LogP contribution in [0.3, 0.4) is 0 Å². The van der Waals surface area contributed by atoms with Gasteiger partial charge in [-0.25, -0.2) is 5.01 Å². The summed E-state index contributed by atoms with van der Waals surface area (Å²) in [6, 6.07) is 0.0775. The second kappa shape index (κ2) is 2.47. The number of hydrogen-bond donors (Lipinski definition) is 1. The SMILES string of the molecule is [O]C1ONN2CCCCC12. The van der Waals surface area contributed by atoms with Crippen LogP contribution >= 0.6 is 0 Å². The van der Waals surface area contributed by atoms with E-state index in [0.717, 1.165) is 19.4 Å². The first-order valence-electron chi connectivity index (χ1n) is 3.72. The van der Waals surface area contributed by atoms with Crippen LogP contribution in [0.1, 0.15) is 19.3 Å². The van der Waals surface area contributed by atoms with Gasteiger partial charge < -0.3 is 0 Å². The Morgan fingerprint density at radius 3 is 3.20 bits per heavy atom. The minimum Gasteiger partial charge on any atom is -0.250 e. The second-order valence-electron chi connectivity index (χ2n) is 2.83. The molecule has 2 atom stereocenters. The lowest BCUT2D eigenvalue weighted by molar-refractivity contribution is -0.148. The summed E-state index contributed by atoms with van der Waals surface area (Å²) in [4.78, 5) is 4.72. The molecule has 0 aromatic rings. The third-order valence-corrected chi connectivity index (χ3v) is 2.15. The van der Waals surface area contributed by atoms with Gasteiger partial charge in [0.2, 0.25) is 6.29 Å². The minimum atomic E-state index is -0.875. The average molecular weight is 143 g/mol. The van der Waals surface area contributed by atoms with Crippen LogP contribution in [0.25, 0.3) is 0 Å². The molecule has 4 nitrogen and oxygen atoms in total. The molecule has 2 unspecified atom stereocenters. The zero-order chi connectivity index (χ0) is 6.97. The molecule has 10 heavy (non-hydrogen) atoms. The molecule has 4 heteroatoms. The van der Waals surface area contributed by atoms with Crippen molar-refractivity contribution in [1.29, 1.82) is 0 Å². The van der Waals surface area contributed by atoms with Gasteiger partial charge in [-0.3, -0.25) is 4.84 Å². The van der Waals surface area contributed by atoms with E-state index in [1.54, 1.807) is 0 Å². The Labute approximate surface area is 59.7 Å². The highest BCUT2D eigenvalue weighted by molar-refractivity contribution is 4.77. The highest BCUT2D eigenvalue weighted by atomic mass is 16.8. The lowest BCUT2D eigenvalue weighted by Gasteiger charge is -2.26. The van der Waals surface area contributed by atoms with Crippen LogP contribution in [0.5, 0.6) is 0 Å². The normalized spacial score (nSPS) is 41.7. The fourth-order valence-corrected chi connectivity index (χ4v) is 1.55. The van der Waals surface area contributed by atoms with Gasteiger partial charge in [0.1, 0.15) is 0 Å². The lowest BCUT2D eigenvalue weighted by Crippen LogP contribution is -2.42. The Bertz CT molecular complexity index is 129. The fourth-order valence-electron chi connectivity index (χ4n) is 1.55. The van der Waals surface area contributed by atoms with Crippen molar-refractivity contribution in [2.75, 3.05) is 6.54 Å². The molecule has 0 saturated carbocycles. The zero-order valence-corrected chi connectivity index (χ0v) is 5.75. The quantitative estimate of drug-likeness (QED) is 0.521. The summed E-state index contributed by atoms with van der Waals surface area (Å²) in [5.74, 6) is 0. The van der Waals surface area contributed by atoms with Gasteiger partial charge >= 0.3 is 0 Å². The van der Waals surface area contributed by atoms with Crippen molar-refractivity contribution >= 4 is 0 Å². The Morgan fingerprint density at radius 2 is 2.40 bits per heavy atom. The van der Waals surface area contributed by atoms with Crippen LogP contribution in [0, 0.1) is 0 Å². The van der Waals surface area contributed by atoms with Crippen LogP contribution in [0.15, 0.2) is 0 Å². The number of rotatable bonds is 0. The molecule has 0 aromatic heterocycles. The topological polar surface area (TPSA) is 44.4 Å². The van der Waals surface area contributed by atoms with E-state index in [1.807, 2.05) is 5.01 Å². The number of nitrogens with one attached hydrogen (secondary N) is 1. The molecule has 1 radical (unpaired) electrons. The first kappa shape index (κ1) is 6.54. The summed E-state index contributed by atoms with van der Waals surface area (Å²) in [5.41, 5.74) is 2.63. The maximum atomic E-state index is 11.0. The molecule has 0 bridgehead atoms. The van der Waals surface area contributed by atoms with Crippen molar-refractivity contribution in [2.24, 2.45) is 0 Å². The Morgan fingerprint density at radius 1 is 1.50 bits per heavy atom. The Hall–Kier alpha value is -0.160. The van der Waals surface area contributed by atoms with E-state index in [-0.39, 0.29) is 6.04 Å². The maximum absolute atomic E-state index is 11.0. The molecule has 2 saturated heterocycles. The molecular weight excluding hydrogens is 132 g/mol. The van der Waals surface area contributed by atoms with E-state index in [2.05, 4.69) is 5.59 Å². The van der Waals surface area contributed by atoms with E-state index in [1.165, 1.54) is 6.42 Å². The molecule has 57 valence electrons. The molecule has 0 aliphatic carbocycles. The van der Waals surface area contributed by atoms with Crippen molar-refractivity contribution in [3.05, 3.63) is 0 Å². The van der Waals surface area contributed by atoms with Crippen LogP contribution in [0.2, 0.25) is 0 Å². The lowest BCUT2D eigenvalue weighted by atomic mass is 10.0. The van der Waals surface area contributed by atoms with Crippen LogP contribution in [-0.2, 0) is 9.94 Å². The first-order chi connectivity index (χ1) is 4.88. The van der Waals surface area contributed by atoms with Gasteiger partial charge in [0.25, 0.3) is 0 Å². The van der Waals surface area contributed by atoms with E-state index >= 15 is 0 Å². The molecule has 0 spiro atoms. The molecule has 2 fully saturated rings. The average Bonchev–Trinajstić information content (AvgIpc) is 2.34. The van der Waals surface area contributed by atoms with E-state index in [9.17, 15) is 5.11 Å². The number of hydrogen-bond acceptors (Lipinski definition) is 3. The first-order valence-corrected chi connectivity index (χ1v) is 3.72. The van der Waals surface area contributed by atoms with Crippen molar-refractivity contribution < 1.29 is 9.94 Å². The number of piperidine rings is 1. The number of fused-ring (bicyclic) bond motifs is 1. The van der Waals surface area contributed by atoms with E-state index < -0.39 is 6.29 Å². The van der Waals surface area contributed by atoms with Crippen LogP contribution in [-0.4, -0.2) is 23.9 Å². The van der Waals surface area contributed by atoms with Crippen molar-refractivity contribution in [3.63, 3.8) is 0 Å². The van der Waals surface area contributed by atoms with Crippen molar-refractivity contribution in [1.82, 2.24) is 10.6 Å². The molecule has 2 rings (SSSR count). The fraction of sp³-hybridized carbons (Fsp3) is 1.00. The number of hydrazine groups is 1. The minimum absolute atomic E-state index is 0.0775. The van der Waals surface area contributed by atoms with Gasteiger partial charge in [-0.1, -0.05) is 6.42 Å². The number of nitrogens with zero attached hydrogens (tertiary/aromatic N) is 1. The van der Waals surface area contributed by atoms with Crippen molar-refractivity contribution in [3.8, 4) is 0 Å². The summed E-state index contributed by atoms with van der Waals surface area (Å²) in [5, 5.41) is 12.9. The van der Waals surface area contributed by atoms with Gasteiger partial charge in [-0.2, -0.15) is 5.11 Å². The van der Waals surface area contributed by atoms with Crippen LogP contribution in [0.4, 0.5) is 0 Å². The second-order valence-corrected chi connectivity index (χ2v) is 2.83. The molecule has 0 aromatic carbocycles. The molecule has 0 amide bonds. The smallest absolute Gasteiger partial charge is 0.229 e. The summed E-state index contributed by atoms with van der Waals surface area (Å²) < 4.78 is 0. The maximum Gasteiger partial charge on any atom is 0.229 e. The van der Waals surface area contributed by atoms with Crippen LogP contribution < -0.4 is 5.59 Å². The third kappa shape index (κ3) is 0.932. The largest absolute Gasteiger partial charge is 0.250 e. The van der Waals surface area contributed by atoms with Gasteiger partial charge in [-0.15, -0.1) is 5.59 Å². The molecular formula is C6H11N2O2. The van der Waals surface area contributed by atoms with Crippen molar-refractivity contribution in [2.45, 2.75) is 31.6 Å². The Balaban J connectivity index is 2.01. The van der Waals surface area contributed by atoms with Gasteiger partial charge in [-0.05, 0) is 12.8 Å². The van der Waals surface area contributed by atoms with Gasteiger partial charge in [0.15, 0.2) is 0 Å². The van der Waals surface area contributed by atoms with E-state index in [4.69, 9.17) is 4.84 Å². The molecule has 2 heterocycles. The standard InChI is InChI=1S/C6H11N2O2/c9-6-5-3-1-2-4-8(5)7-10-6/h5-7H,1-4H2. The predicted molar refractivity (Wildman–Crippen MR) is 33.0 cm³/mol. The van der Waals surface area contributed by atoms with Gasteiger partial charge in [0.05, 0.1) is 6.04 Å². The van der Waals surface area contributed by atoms with E-state index in [0.29, 0.717) is 0 Å². The molecule has 2 aliphatic heterocycles. The highest BCUT2D eigenvalue weighted by Gasteiger charge is 2.36. The molecule has 1 N–H and O–H groups in total. The summed E-state index contributed by atoms with van der Waals surface area (Å²) in [6.07, 6.45) is 2.42. The summed E-state index contributed by atoms with van der Waals surface area (Å²) in [6.45, 7) is 0.948. The molecule has 2 aliphatic rings. The summed E-state index contributed by atoms with van der Waals surface area (Å²) in [7, 11) is 0. The Kier molecular flexibility index (Phi) is 1.61. The predicted octanol–water partition coefficient (Wildman–Crippen LogP) is 0.0473. The monoisotopic (exact) mass is 143 g/mol. The third-order valence-electron chi connectivity index (χ3n) is 2.15. The zero-order valence-electron chi connectivity index (χ0n) is 5.75. The highest BCUT2D eigenvalue weighted by Crippen LogP contribution is 2.22.